The van der Waals surface area contributed by atoms with Gasteiger partial charge in [0, 0.05) is 34.7 Å². The standard InChI is InChI=1S/C14H27N3/c1-16(2)13(17(3)4)15-11-14(9-6-10-14)12-7-5-8-12/h12H,5-11H2,1-4H3. The minimum Gasteiger partial charge on any atom is -0.349 e. The first-order valence-electron chi connectivity index (χ1n) is 6.94. The van der Waals surface area contributed by atoms with Gasteiger partial charge in [0.05, 0.1) is 0 Å². The van der Waals surface area contributed by atoms with Crippen molar-refractivity contribution >= 4 is 5.96 Å². The van der Waals surface area contributed by atoms with E-state index in [9.17, 15) is 0 Å². The van der Waals surface area contributed by atoms with Gasteiger partial charge < -0.3 is 9.80 Å². The molecule has 2 aliphatic carbocycles. The summed E-state index contributed by atoms with van der Waals surface area (Å²) < 4.78 is 0. The molecule has 0 bridgehead atoms. The van der Waals surface area contributed by atoms with E-state index in [-0.39, 0.29) is 0 Å². The summed E-state index contributed by atoms with van der Waals surface area (Å²) >= 11 is 0. The topological polar surface area (TPSA) is 18.8 Å². The van der Waals surface area contributed by atoms with E-state index in [0.29, 0.717) is 5.41 Å². The number of guanidine groups is 1. The van der Waals surface area contributed by atoms with Gasteiger partial charge in [-0.15, -0.1) is 0 Å². The Balaban J connectivity index is 2.00. The quantitative estimate of drug-likeness (QED) is 0.554. The zero-order valence-electron chi connectivity index (χ0n) is 11.9. The fourth-order valence-corrected chi connectivity index (χ4v) is 3.26. The summed E-state index contributed by atoms with van der Waals surface area (Å²) in [6.45, 7) is 1.04. The van der Waals surface area contributed by atoms with Gasteiger partial charge in [0.25, 0.3) is 0 Å². The van der Waals surface area contributed by atoms with Gasteiger partial charge in [0.1, 0.15) is 0 Å². The van der Waals surface area contributed by atoms with Crippen LogP contribution < -0.4 is 0 Å². The number of hydrogen-bond donors (Lipinski definition) is 0. The van der Waals surface area contributed by atoms with Crippen LogP contribution in [0.2, 0.25) is 0 Å². The molecular weight excluding hydrogens is 210 g/mol. The lowest BCUT2D eigenvalue weighted by molar-refractivity contribution is 0.0112. The van der Waals surface area contributed by atoms with Crippen LogP contribution in [0.5, 0.6) is 0 Å². The van der Waals surface area contributed by atoms with Gasteiger partial charge in [-0.25, -0.2) is 0 Å². The molecule has 0 amide bonds. The minimum atomic E-state index is 0.579. The number of hydrogen-bond acceptors (Lipinski definition) is 1. The molecule has 0 unspecified atom stereocenters. The van der Waals surface area contributed by atoms with Gasteiger partial charge in [-0.3, -0.25) is 4.99 Å². The first-order valence-corrected chi connectivity index (χ1v) is 6.94. The lowest BCUT2D eigenvalue weighted by Gasteiger charge is -2.51. The van der Waals surface area contributed by atoms with Crippen molar-refractivity contribution < 1.29 is 0 Å². The van der Waals surface area contributed by atoms with Crippen LogP contribution in [0.1, 0.15) is 38.5 Å². The molecule has 0 saturated heterocycles. The van der Waals surface area contributed by atoms with Crippen LogP contribution in [0.4, 0.5) is 0 Å². The van der Waals surface area contributed by atoms with E-state index >= 15 is 0 Å². The van der Waals surface area contributed by atoms with E-state index in [2.05, 4.69) is 38.0 Å². The summed E-state index contributed by atoms with van der Waals surface area (Å²) in [7, 11) is 8.32. The van der Waals surface area contributed by atoms with Gasteiger partial charge in [-0.1, -0.05) is 12.8 Å². The minimum absolute atomic E-state index is 0.579. The zero-order chi connectivity index (χ0) is 12.5. The van der Waals surface area contributed by atoms with Crippen LogP contribution in [0.15, 0.2) is 4.99 Å². The molecule has 0 aromatic carbocycles. The monoisotopic (exact) mass is 237 g/mol. The maximum absolute atomic E-state index is 4.89. The van der Waals surface area contributed by atoms with Crippen molar-refractivity contribution in [1.82, 2.24) is 9.80 Å². The Bertz CT molecular complexity index is 276. The van der Waals surface area contributed by atoms with Crippen molar-refractivity contribution in [1.29, 1.82) is 0 Å². The molecule has 0 spiro atoms. The van der Waals surface area contributed by atoms with E-state index in [1.165, 1.54) is 38.5 Å². The van der Waals surface area contributed by atoms with Crippen LogP contribution in [0.25, 0.3) is 0 Å². The predicted molar refractivity (Wildman–Crippen MR) is 73.3 cm³/mol. The lowest BCUT2D eigenvalue weighted by Crippen LogP contribution is -2.44. The van der Waals surface area contributed by atoms with Crippen LogP contribution in [-0.4, -0.2) is 50.5 Å². The van der Waals surface area contributed by atoms with E-state index in [1.807, 2.05) is 0 Å². The van der Waals surface area contributed by atoms with E-state index in [1.54, 1.807) is 0 Å². The Kier molecular flexibility index (Phi) is 3.64. The summed E-state index contributed by atoms with van der Waals surface area (Å²) in [4.78, 5) is 9.12. The van der Waals surface area contributed by atoms with Crippen LogP contribution in [0, 0.1) is 11.3 Å². The highest BCUT2D eigenvalue weighted by molar-refractivity contribution is 5.79. The number of rotatable bonds is 3. The Labute approximate surface area is 106 Å². The molecule has 3 heteroatoms. The normalized spacial score (nSPS) is 22.4. The molecular formula is C14H27N3. The van der Waals surface area contributed by atoms with Gasteiger partial charge in [-0.05, 0) is 37.0 Å². The van der Waals surface area contributed by atoms with Crippen molar-refractivity contribution in [3.05, 3.63) is 0 Å². The molecule has 98 valence electrons. The summed E-state index contributed by atoms with van der Waals surface area (Å²) in [5.41, 5.74) is 0.579. The van der Waals surface area contributed by atoms with E-state index in [4.69, 9.17) is 4.99 Å². The van der Waals surface area contributed by atoms with Gasteiger partial charge in [-0.2, -0.15) is 0 Å². The highest BCUT2D eigenvalue weighted by Crippen LogP contribution is 2.54. The Morgan fingerprint density at radius 3 is 1.94 bits per heavy atom. The van der Waals surface area contributed by atoms with Crippen molar-refractivity contribution in [2.24, 2.45) is 16.3 Å². The fraction of sp³-hybridized carbons (Fsp3) is 0.929. The Hall–Kier alpha value is -0.730. The predicted octanol–water partition coefficient (Wildman–Crippen LogP) is 2.44. The molecule has 0 aromatic rings. The lowest BCUT2D eigenvalue weighted by atomic mass is 9.55. The van der Waals surface area contributed by atoms with Gasteiger partial charge in [0.2, 0.25) is 0 Å². The molecule has 17 heavy (non-hydrogen) atoms. The third-order valence-electron chi connectivity index (χ3n) is 4.66. The molecule has 2 saturated carbocycles. The van der Waals surface area contributed by atoms with Crippen LogP contribution >= 0.6 is 0 Å². The summed E-state index contributed by atoms with van der Waals surface area (Å²) in [5.74, 6) is 2.08. The second kappa shape index (κ2) is 4.87. The second-order valence-electron chi connectivity index (χ2n) is 6.25. The van der Waals surface area contributed by atoms with Crippen molar-refractivity contribution in [2.75, 3.05) is 34.7 Å². The smallest absolute Gasteiger partial charge is 0.195 e. The van der Waals surface area contributed by atoms with Crippen LogP contribution in [0.3, 0.4) is 0 Å². The van der Waals surface area contributed by atoms with Gasteiger partial charge >= 0.3 is 0 Å². The Morgan fingerprint density at radius 2 is 1.65 bits per heavy atom. The first-order chi connectivity index (χ1) is 8.05. The molecule has 0 N–H and O–H groups in total. The molecule has 2 aliphatic rings. The fourth-order valence-electron chi connectivity index (χ4n) is 3.26. The third-order valence-corrected chi connectivity index (χ3v) is 4.66. The summed E-state index contributed by atoms with van der Waals surface area (Å²) in [6.07, 6.45) is 8.60. The summed E-state index contributed by atoms with van der Waals surface area (Å²) in [6, 6.07) is 0. The van der Waals surface area contributed by atoms with E-state index < -0.39 is 0 Å². The second-order valence-corrected chi connectivity index (χ2v) is 6.25. The summed E-state index contributed by atoms with van der Waals surface area (Å²) in [5, 5.41) is 0. The third kappa shape index (κ3) is 2.43. The van der Waals surface area contributed by atoms with Crippen molar-refractivity contribution in [3.63, 3.8) is 0 Å². The molecule has 2 fully saturated rings. The average molecular weight is 237 g/mol. The number of aliphatic imine (C=N–C) groups is 1. The highest BCUT2D eigenvalue weighted by Gasteiger charge is 2.45. The Morgan fingerprint density at radius 1 is 1.06 bits per heavy atom. The molecule has 3 nitrogen and oxygen atoms in total. The van der Waals surface area contributed by atoms with Gasteiger partial charge in [0.15, 0.2) is 5.96 Å². The average Bonchev–Trinajstić information content (AvgIpc) is 2.09. The maximum atomic E-state index is 4.89. The van der Waals surface area contributed by atoms with Crippen LogP contribution in [-0.2, 0) is 0 Å². The molecule has 2 rings (SSSR count). The maximum Gasteiger partial charge on any atom is 0.195 e. The SMILES string of the molecule is CN(C)C(=NCC1(C2CCC2)CCC1)N(C)C. The van der Waals surface area contributed by atoms with Crippen molar-refractivity contribution in [3.8, 4) is 0 Å². The molecule has 0 radical (unpaired) electrons. The molecule has 0 aromatic heterocycles. The highest BCUT2D eigenvalue weighted by atomic mass is 15.3. The first kappa shape index (κ1) is 12.7. The van der Waals surface area contributed by atoms with E-state index in [0.717, 1.165) is 18.4 Å². The molecule has 0 aliphatic heterocycles. The largest absolute Gasteiger partial charge is 0.349 e. The molecule has 0 atom stereocenters. The molecule has 0 heterocycles. The number of nitrogens with zero attached hydrogens (tertiary/aromatic N) is 3. The van der Waals surface area contributed by atoms with Crippen molar-refractivity contribution in [2.45, 2.75) is 38.5 Å². The zero-order valence-corrected chi connectivity index (χ0v) is 11.9.